The van der Waals surface area contributed by atoms with Crippen LogP contribution in [0.1, 0.15) is 12.8 Å². The van der Waals surface area contributed by atoms with Gasteiger partial charge in [0.05, 0.1) is 7.11 Å². The van der Waals surface area contributed by atoms with E-state index in [0.717, 1.165) is 35.2 Å². The quantitative estimate of drug-likeness (QED) is 0.904. The predicted molar refractivity (Wildman–Crippen MR) is 76.3 cm³/mol. The van der Waals surface area contributed by atoms with Crippen molar-refractivity contribution >= 4 is 22.6 Å². The van der Waals surface area contributed by atoms with Crippen molar-refractivity contribution in [1.29, 1.82) is 0 Å². The van der Waals surface area contributed by atoms with Crippen LogP contribution in [0.5, 0.6) is 5.75 Å². The Morgan fingerprint density at radius 2 is 2.25 bits per heavy atom. The van der Waals surface area contributed by atoms with Gasteiger partial charge in [0.2, 0.25) is 0 Å². The van der Waals surface area contributed by atoms with Gasteiger partial charge in [-0.2, -0.15) is 0 Å². The first-order valence-electron chi connectivity index (χ1n) is 6.60. The van der Waals surface area contributed by atoms with Gasteiger partial charge in [0, 0.05) is 17.6 Å². The summed E-state index contributed by atoms with van der Waals surface area (Å²) >= 11 is 0. The highest BCUT2D eigenvalue weighted by atomic mass is 16.5. The Morgan fingerprint density at radius 3 is 2.90 bits per heavy atom. The van der Waals surface area contributed by atoms with Gasteiger partial charge in [0.15, 0.2) is 0 Å². The van der Waals surface area contributed by atoms with E-state index in [9.17, 15) is 4.79 Å². The van der Waals surface area contributed by atoms with Gasteiger partial charge >= 0.3 is 5.97 Å². The van der Waals surface area contributed by atoms with Crippen LogP contribution in [0.4, 0.5) is 5.82 Å². The van der Waals surface area contributed by atoms with Gasteiger partial charge < -0.3 is 14.7 Å². The molecule has 0 aliphatic heterocycles. The molecule has 0 saturated heterocycles. The van der Waals surface area contributed by atoms with Gasteiger partial charge in [-0.1, -0.05) is 6.07 Å². The fourth-order valence-corrected chi connectivity index (χ4v) is 2.40. The topological polar surface area (TPSA) is 62.7 Å². The number of aliphatic carboxylic acids is 1. The fourth-order valence-electron chi connectivity index (χ4n) is 2.40. The molecule has 1 aliphatic carbocycles. The summed E-state index contributed by atoms with van der Waals surface area (Å²) in [4.78, 5) is 17.4. The number of hydrogen-bond donors (Lipinski definition) is 1. The Labute approximate surface area is 116 Å². The lowest BCUT2D eigenvalue weighted by Gasteiger charge is -2.23. The van der Waals surface area contributed by atoms with Crippen molar-refractivity contribution in [1.82, 2.24) is 4.98 Å². The first-order valence-corrected chi connectivity index (χ1v) is 6.60. The number of ether oxygens (including phenoxy) is 1. The molecule has 1 aromatic carbocycles. The van der Waals surface area contributed by atoms with Crippen molar-refractivity contribution < 1.29 is 14.6 Å². The standard InChI is InChI=1S/C15H16N2O3/c1-20-12-5-2-10-6-7-16-15(13(10)8-12)17(9-14(18)19)11-3-4-11/h2,5-8,11H,3-4,9H2,1H3,(H,18,19). The zero-order valence-corrected chi connectivity index (χ0v) is 11.2. The fraction of sp³-hybridized carbons (Fsp3) is 0.333. The minimum atomic E-state index is -0.835. The summed E-state index contributed by atoms with van der Waals surface area (Å²) in [6.07, 6.45) is 3.77. The van der Waals surface area contributed by atoms with Crippen LogP contribution < -0.4 is 9.64 Å². The molecular weight excluding hydrogens is 256 g/mol. The lowest BCUT2D eigenvalue weighted by molar-refractivity contribution is -0.135. The minimum absolute atomic E-state index is 0.0199. The molecule has 2 aromatic rings. The summed E-state index contributed by atoms with van der Waals surface area (Å²) in [7, 11) is 1.62. The molecule has 1 aromatic heterocycles. The summed E-state index contributed by atoms with van der Waals surface area (Å²) in [6, 6.07) is 7.98. The summed E-state index contributed by atoms with van der Waals surface area (Å²) in [5.41, 5.74) is 0. The van der Waals surface area contributed by atoms with Gasteiger partial charge in [-0.15, -0.1) is 0 Å². The van der Waals surface area contributed by atoms with Crippen molar-refractivity contribution in [3.05, 3.63) is 30.5 Å². The highest BCUT2D eigenvalue weighted by Crippen LogP contribution is 2.35. The van der Waals surface area contributed by atoms with Gasteiger partial charge in [-0.3, -0.25) is 4.79 Å². The van der Waals surface area contributed by atoms with Gasteiger partial charge in [0.1, 0.15) is 18.1 Å². The van der Waals surface area contributed by atoms with Gasteiger partial charge in [0.25, 0.3) is 0 Å². The maximum absolute atomic E-state index is 11.1. The second-order valence-electron chi connectivity index (χ2n) is 4.97. The molecule has 0 bridgehead atoms. The number of nitrogens with zero attached hydrogens (tertiary/aromatic N) is 2. The molecule has 5 nitrogen and oxygen atoms in total. The number of pyridine rings is 1. The molecule has 0 radical (unpaired) electrons. The van der Waals surface area contributed by atoms with E-state index >= 15 is 0 Å². The molecule has 3 rings (SSSR count). The number of fused-ring (bicyclic) bond motifs is 1. The maximum atomic E-state index is 11.1. The molecular formula is C15H16N2O3. The first kappa shape index (κ1) is 12.7. The van der Waals surface area contributed by atoms with Crippen LogP contribution in [0.15, 0.2) is 30.5 Å². The monoisotopic (exact) mass is 272 g/mol. The van der Waals surface area contributed by atoms with Crippen LogP contribution in [0, 0.1) is 0 Å². The number of rotatable bonds is 5. The Bertz CT molecular complexity index is 653. The molecule has 1 heterocycles. The van der Waals surface area contributed by atoms with Crippen molar-refractivity contribution in [3.63, 3.8) is 0 Å². The second-order valence-corrected chi connectivity index (χ2v) is 4.97. The first-order chi connectivity index (χ1) is 9.69. The summed E-state index contributed by atoms with van der Waals surface area (Å²) in [5, 5.41) is 11.1. The third-order valence-electron chi connectivity index (χ3n) is 3.52. The average molecular weight is 272 g/mol. The van der Waals surface area contributed by atoms with E-state index in [1.54, 1.807) is 13.3 Å². The third-order valence-corrected chi connectivity index (χ3v) is 3.52. The van der Waals surface area contributed by atoms with E-state index in [1.807, 2.05) is 29.2 Å². The van der Waals surface area contributed by atoms with E-state index in [0.29, 0.717) is 0 Å². The molecule has 0 unspecified atom stereocenters. The third kappa shape index (κ3) is 2.39. The highest BCUT2D eigenvalue weighted by molar-refractivity contribution is 5.94. The van der Waals surface area contributed by atoms with E-state index in [-0.39, 0.29) is 12.6 Å². The molecule has 1 N–H and O–H groups in total. The van der Waals surface area contributed by atoms with Crippen LogP contribution in [-0.2, 0) is 4.79 Å². The number of carboxylic acids is 1. The Morgan fingerprint density at radius 1 is 1.45 bits per heavy atom. The van der Waals surface area contributed by atoms with E-state index in [1.165, 1.54) is 0 Å². The Balaban J connectivity index is 2.10. The highest BCUT2D eigenvalue weighted by Gasteiger charge is 2.32. The minimum Gasteiger partial charge on any atom is -0.497 e. The number of carboxylic acid groups (broad SMARTS) is 1. The number of carbonyl (C=O) groups is 1. The molecule has 0 atom stereocenters. The average Bonchev–Trinajstić information content (AvgIpc) is 3.28. The second kappa shape index (κ2) is 5.00. The largest absolute Gasteiger partial charge is 0.497 e. The number of benzene rings is 1. The van der Waals surface area contributed by atoms with Crippen LogP contribution in [0.3, 0.4) is 0 Å². The number of anilines is 1. The van der Waals surface area contributed by atoms with Crippen molar-refractivity contribution in [3.8, 4) is 5.75 Å². The Kier molecular flexibility index (Phi) is 3.18. The van der Waals surface area contributed by atoms with Crippen molar-refractivity contribution in [2.75, 3.05) is 18.6 Å². The molecule has 1 saturated carbocycles. The summed E-state index contributed by atoms with van der Waals surface area (Å²) in [6.45, 7) is -0.0199. The number of aromatic nitrogens is 1. The smallest absolute Gasteiger partial charge is 0.323 e. The lowest BCUT2D eigenvalue weighted by atomic mass is 10.1. The zero-order valence-electron chi connectivity index (χ0n) is 11.2. The van der Waals surface area contributed by atoms with Crippen LogP contribution >= 0.6 is 0 Å². The molecule has 20 heavy (non-hydrogen) atoms. The SMILES string of the molecule is COc1ccc2ccnc(N(CC(=O)O)C3CC3)c2c1. The number of methoxy groups -OCH3 is 1. The van der Waals surface area contributed by atoms with Gasteiger partial charge in [-0.05, 0) is 36.4 Å². The molecule has 0 amide bonds. The predicted octanol–water partition coefficient (Wildman–Crippen LogP) is 2.30. The molecule has 1 fully saturated rings. The molecule has 0 spiro atoms. The number of hydrogen-bond acceptors (Lipinski definition) is 4. The summed E-state index contributed by atoms with van der Waals surface area (Å²) < 4.78 is 5.25. The van der Waals surface area contributed by atoms with Gasteiger partial charge in [-0.25, -0.2) is 4.98 Å². The summed E-state index contributed by atoms with van der Waals surface area (Å²) in [5.74, 6) is 0.641. The van der Waals surface area contributed by atoms with E-state index in [2.05, 4.69) is 4.98 Å². The van der Waals surface area contributed by atoms with Crippen molar-refractivity contribution in [2.45, 2.75) is 18.9 Å². The lowest BCUT2D eigenvalue weighted by Crippen LogP contribution is -2.32. The van der Waals surface area contributed by atoms with Crippen LogP contribution in [0.2, 0.25) is 0 Å². The zero-order chi connectivity index (χ0) is 14.1. The molecule has 104 valence electrons. The maximum Gasteiger partial charge on any atom is 0.323 e. The van der Waals surface area contributed by atoms with Crippen molar-refractivity contribution in [2.24, 2.45) is 0 Å². The Hall–Kier alpha value is -2.30. The van der Waals surface area contributed by atoms with E-state index in [4.69, 9.17) is 9.84 Å². The van der Waals surface area contributed by atoms with E-state index < -0.39 is 5.97 Å². The normalized spacial score (nSPS) is 14.2. The van der Waals surface area contributed by atoms with Crippen LogP contribution in [0.25, 0.3) is 10.8 Å². The molecule has 1 aliphatic rings. The molecule has 5 heteroatoms. The van der Waals surface area contributed by atoms with Crippen LogP contribution in [-0.4, -0.2) is 35.8 Å².